The molecule has 0 radical (unpaired) electrons. The van der Waals surface area contributed by atoms with Crippen LogP contribution in [0.15, 0.2) is 59.4 Å². The predicted molar refractivity (Wildman–Crippen MR) is 120 cm³/mol. The standard InChI is InChI=1S/C24H25N3O5/c1-4-32-24(30)23-20(15-22(29)27(26-23)18-10-5-16(2)6-11-18)25-21(28)14-9-17-7-12-19(31-3)13-8-17/h5-8,10-13,15H,4,9,14H2,1-3H3,(H,25,28). The lowest BCUT2D eigenvalue weighted by Crippen LogP contribution is -2.27. The number of amides is 1. The number of benzene rings is 2. The van der Waals surface area contributed by atoms with Crippen molar-refractivity contribution in [1.29, 1.82) is 0 Å². The molecular weight excluding hydrogens is 410 g/mol. The molecule has 0 atom stereocenters. The molecule has 0 saturated carbocycles. The molecule has 0 unspecified atom stereocenters. The van der Waals surface area contributed by atoms with Gasteiger partial charge in [-0.1, -0.05) is 29.8 Å². The molecule has 0 spiro atoms. The maximum absolute atomic E-state index is 12.7. The molecule has 0 aliphatic rings. The Hall–Kier alpha value is -3.94. The van der Waals surface area contributed by atoms with Crippen LogP contribution >= 0.6 is 0 Å². The lowest BCUT2D eigenvalue weighted by molar-refractivity contribution is -0.116. The Balaban J connectivity index is 1.82. The van der Waals surface area contributed by atoms with Crippen molar-refractivity contribution in [2.24, 2.45) is 0 Å². The van der Waals surface area contributed by atoms with E-state index in [1.165, 1.54) is 6.07 Å². The second-order valence-corrected chi connectivity index (χ2v) is 7.11. The van der Waals surface area contributed by atoms with Gasteiger partial charge in [-0.3, -0.25) is 9.59 Å². The fraction of sp³-hybridized carbons (Fsp3) is 0.250. The van der Waals surface area contributed by atoms with E-state index in [2.05, 4.69) is 10.4 Å². The van der Waals surface area contributed by atoms with Crippen molar-refractivity contribution in [3.63, 3.8) is 0 Å². The van der Waals surface area contributed by atoms with E-state index >= 15 is 0 Å². The number of aryl methyl sites for hydroxylation is 2. The van der Waals surface area contributed by atoms with Crippen LogP contribution in [-0.4, -0.2) is 35.4 Å². The van der Waals surface area contributed by atoms with Gasteiger partial charge < -0.3 is 14.8 Å². The summed E-state index contributed by atoms with van der Waals surface area (Å²) >= 11 is 0. The fourth-order valence-electron chi connectivity index (χ4n) is 3.04. The molecule has 2 aromatic carbocycles. The highest BCUT2D eigenvalue weighted by Crippen LogP contribution is 2.16. The van der Waals surface area contributed by atoms with Gasteiger partial charge in [0.05, 0.1) is 25.1 Å². The third-order valence-electron chi connectivity index (χ3n) is 4.75. The van der Waals surface area contributed by atoms with Crippen LogP contribution in [0.3, 0.4) is 0 Å². The minimum absolute atomic E-state index is 0.0246. The van der Waals surface area contributed by atoms with E-state index in [0.29, 0.717) is 12.1 Å². The van der Waals surface area contributed by atoms with Crippen LogP contribution in [0.2, 0.25) is 0 Å². The molecule has 1 amide bonds. The highest BCUT2D eigenvalue weighted by Gasteiger charge is 2.20. The summed E-state index contributed by atoms with van der Waals surface area (Å²) in [5, 5.41) is 6.81. The Morgan fingerprint density at radius 2 is 1.75 bits per heavy atom. The summed E-state index contributed by atoms with van der Waals surface area (Å²) in [7, 11) is 1.59. The molecule has 3 rings (SSSR count). The van der Waals surface area contributed by atoms with Crippen molar-refractivity contribution in [3.05, 3.63) is 81.8 Å². The van der Waals surface area contributed by atoms with Crippen LogP contribution in [0.1, 0.15) is 35.0 Å². The fourth-order valence-corrected chi connectivity index (χ4v) is 3.04. The Kier molecular flexibility index (Phi) is 7.38. The number of carbonyl (C=O) groups is 2. The number of nitrogens with zero attached hydrogens (tertiary/aromatic N) is 2. The second-order valence-electron chi connectivity index (χ2n) is 7.11. The molecular formula is C24H25N3O5. The van der Waals surface area contributed by atoms with Crippen LogP contribution in [0.5, 0.6) is 5.75 Å². The quantitative estimate of drug-likeness (QED) is 0.545. The molecule has 3 aromatic rings. The first-order chi connectivity index (χ1) is 15.4. The summed E-state index contributed by atoms with van der Waals surface area (Å²) in [5.41, 5.74) is 1.89. The molecule has 8 heteroatoms. The van der Waals surface area contributed by atoms with Crippen molar-refractivity contribution in [2.75, 3.05) is 19.0 Å². The Morgan fingerprint density at radius 3 is 2.38 bits per heavy atom. The first-order valence-corrected chi connectivity index (χ1v) is 10.2. The molecule has 0 aliphatic carbocycles. The second kappa shape index (κ2) is 10.4. The van der Waals surface area contributed by atoms with Crippen molar-refractivity contribution >= 4 is 17.6 Å². The molecule has 1 heterocycles. The van der Waals surface area contributed by atoms with Crippen LogP contribution in [-0.2, 0) is 16.0 Å². The van der Waals surface area contributed by atoms with Gasteiger partial charge in [0, 0.05) is 12.5 Å². The minimum Gasteiger partial charge on any atom is -0.497 e. The van der Waals surface area contributed by atoms with Crippen molar-refractivity contribution in [2.45, 2.75) is 26.7 Å². The van der Waals surface area contributed by atoms with E-state index in [1.807, 2.05) is 43.3 Å². The number of anilines is 1. The summed E-state index contributed by atoms with van der Waals surface area (Å²) in [6.07, 6.45) is 0.647. The zero-order valence-corrected chi connectivity index (χ0v) is 18.3. The number of aromatic nitrogens is 2. The number of rotatable bonds is 8. The number of carbonyl (C=O) groups excluding carboxylic acids is 2. The Bertz CT molecular complexity index is 1150. The summed E-state index contributed by atoms with van der Waals surface area (Å²) in [6.45, 7) is 3.73. The highest BCUT2D eigenvalue weighted by molar-refractivity contribution is 5.99. The lowest BCUT2D eigenvalue weighted by Gasteiger charge is -2.12. The number of esters is 1. The third-order valence-corrected chi connectivity index (χ3v) is 4.75. The normalized spacial score (nSPS) is 10.5. The summed E-state index contributed by atoms with van der Waals surface area (Å²) in [6, 6.07) is 15.7. The van der Waals surface area contributed by atoms with Crippen LogP contribution in [0.4, 0.5) is 5.69 Å². The zero-order valence-electron chi connectivity index (χ0n) is 18.3. The van der Waals surface area contributed by atoms with Gasteiger partial charge in [0.15, 0.2) is 5.69 Å². The number of ether oxygens (including phenoxy) is 2. The number of hydrogen-bond acceptors (Lipinski definition) is 6. The van der Waals surface area contributed by atoms with E-state index in [-0.39, 0.29) is 30.3 Å². The summed E-state index contributed by atoms with van der Waals surface area (Å²) in [4.78, 5) is 37.7. The zero-order chi connectivity index (χ0) is 23.1. The van der Waals surface area contributed by atoms with Gasteiger partial charge in [-0.25, -0.2) is 4.79 Å². The van der Waals surface area contributed by atoms with E-state index in [4.69, 9.17) is 9.47 Å². The SMILES string of the molecule is CCOC(=O)c1nn(-c2ccc(C)cc2)c(=O)cc1NC(=O)CCc1ccc(OC)cc1. The Labute approximate surface area is 185 Å². The van der Waals surface area contributed by atoms with E-state index < -0.39 is 11.5 Å². The van der Waals surface area contributed by atoms with Gasteiger partial charge in [-0.15, -0.1) is 0 Å². The summed E-state index contributed by atoms with van der Waals surface area (Å²) < 4.78 is 11.3. The molecule has 166 valence electrons. The largest absolute Gasteiger partial charge is 0.497 e. The topological polar surface area (TPSA) is 99.5 Å². The van der Waals surface area contributed by atoms with Gasteiger partial charge >= 0.3 is 5.97 Å². The molecule has 0 saturated heterocycles. The van der Waals surface area contributed by atoms with Gasteiger partial charge in [0.2, 0.25) is 5.91 Å². The molecule has 0 bridgehead atoms. The van der Waals surface area contributed by atoms with Crippen molar-refractivity contribution in [3.8, 4) is 11.4 Å². The molecule has 0 fully saturated rings. The maximum Gasteiger partial charge on any atom is 0.360 e. The van der Waals surface area contributed by atoms with Crippen LogP contribution in [0, 0.1) is 6.92 Å². The monoisotopic (exact) mass is 435 g/mol. The molecule has 1 aromatic heterocycles. The number of methoxy groups -OCH3 is 1. The smallest absolute Gasteiger partial charge is 0.360 e. The van der Waals surface area contributed by atoms with E-state index in [1.54, 1.807) is 26.2 Å². The minimum atomic E-state index is -0.723. The first kappa shape index (κ1) is 22.7. The van der Waals surface area contributed by atoms with E-state index in [9.17, 15) is 14.4 Å². The molecule has 0 aliphatic heterocycles. The predicted octanol–water partition coefficient (Wildman–Crippen LogP) is 3.30. The first-order valence-electron chi connectivity index (χ1n) is 10.2. The number of hydrogen-bond donors (Lipinski definition) is 1. The molecule has 32 heavy (non-hydrogen) atoms. The molecule has 1 N–H and O–H groups in total. The maximum atomic E-state index is 12.7. The average Bonchev–Trinajstić information content (AvgIpc) is 2.79. The van der Waals surface area contributed by atoms with E-state index in [0.717, 1.165) is 21.6 Å². The van der Waals surface area contributed by atoms with Gasteiger partial charge in [0.1, 0.15) is 5.75 Å². The van der Waals surface area contributed by atoms with Gasteiger partial charge in [-0.2, -0.15) is 9.78 Å². The average molecular weight is 435 g/mol. The van der Waals surface area contributed by atoms with Crippen LogP contribution in [0.25, 0.3) is 5.69 Å². The van der Waals surface area contributed by atoms with Crippen LogP contribution < -0.4 is 15.6 Å². The van der Waals surface area contributed by atoms with Gasteiger partial charge in [-0.05, 0) is 50.1 Å². The summed E-state index contributed by atoms with van der Waals surface area (Å²) in [5.74, 6) is -0.336. The van der Waals surface area contributed by atoms with Gasteiger partial charge in [0.25, 0.3) is 5.56 Å². The lowest BCUT2D eigenvalue weighted by atomic mass is 10.1. The number of nitrogens with one attached hydrogen (secondary N) is 1. The van der Waals surface area contributed by atoms with Crippen molar-refractivity contribution < 1.29 is 19.1 Å². The third kappa shape index (κ3) is 5.60. The van der Waals surface area contributed by atoms with Crippen molar-refractivity contribution in [1.82, 2.24) is 9.78 Å². The Morgan fingerprint density at radius 1 is 1.06 bits per heavy atom. The highest BCUT2D eigenvalue weighted by atomic mass is 16.5. The molecule has 8 nitrogen and oxygen atoms in total.